The second kappa shape index (κ2) is 6.09. The Balaban J connectivity index is 2.39. The van der Waals surface area contributed by atoms with E-state index in [1.807, 2.05) is 37.3 Å². The summed E-state index contributed by atoms with van der Waals surface area (Å²) in [6.07, 6.45) is 3.42. The summed E-state index contributed by atoms with van der Waals surface area (Å²) in [6, 6.07) is 9.88. The predicted octanol–water partition coefficient (Wildman–Crippen LogP) is 3.30. The van der Waals surface area contributed by atoms with Crippen LogP contribution >= 0.6 is 7.37 Å². The van der Waals surface area contributed by atoms with Gasteiger partial charge in [0.1, 0.15) is 0 Å². The Labute approximate surface area is 91.8 Å². The standard InChI is InChI=1S/C12H19O2P/c1-2-3-10-15(13,14)11-9-12-7-5-4-6-8-12/h4-8H,2-3,9-11H2,1H3,(H,13,14). The van der Waals surface area contributed by atoms with Gasteiger partial charge in [-0.25, -0.2) is 0 Å². The molecule has 15 heavy (non-hydrogen) atoms. The largest absolute Gasteiger partial charge is 0.344 e. The molecule has 1 N–H and O–H groups in total. The van der Waals surface area contributed by atoms with Crippen LogP contribution in [0.25, 0.3) is 0 Å². The van der Waals surface area contributed by atoms with Crippen molar-refractivity contribution in [2.75, 3.05) is 12.3 Å². The lowest BCUT2D eigenvalue weighted by atomic mass is 10.2. The third kappa shape index (κ3) is 5.15. The van der Waals surface area contributed by atoms with E-state index < -0.39 is 7.37 Å². The van der Waals surface area contributed by atoms with Gasteiger partial charge < -0.3 is 4.89 Å². The molecule has 3 heteroatoms. The van der Waals surface area contributed by atoms with Gasteiger partial charge in [-0.2, -0.15) is 0 Å². The minimum Gasteiger partial charge on any atom is -0.344 e. The van der Waals surface area contributed by atoms with E-state index in [1.165, 1.54) is 0 Å². The van der Waals surface area contributed by atoms with Crippen LogP contribution in [0.15, 0.2) is 30.3 Å². The van der Waals surface area contributed by atoms with Crippen molar-refractivity contribution in [3.05, 3.63) is 35.9 Å². The quantitative estimate of drug-likeness (QED) is 0.755. The van der Waals surface area contributed by atoms with Crippen LogP contribution in [0.3, 0.4) is 0 Å². The van der Waals surface area contributed by atoms with Crippen LogP contribution in [0, 0.1) is 0 Å². The Bertz CT molecular complexity index is 322. The highest BCUT2D eigenvalue weighted by atomic mass is 31.2. The van der Waals surface area contributed by atoms with Gasteiger partial charge in [0.15, 0.2) is 0 Å². The lowest BCUT2D eigenvalue weighted by molar-refractivity contribution is 0.475. The molecule has 2 nitrogen and oxygen atoms in total. The van der Waals surface area contributed by atoms with Gasteiger partial charge in [0, 0.05) is 12.3 Å². The first kappa shape index (κ1) is 12.5. The van der Waals surface area contributed by atoms with Gasteiger partial charge in [0.25, 0.3) is 0 Å². The molecule has 0 fully saturated rings. The van der Waals surface area contributed by atoms with Crippen LogP contribution in [0.5, 0.6) is 0 Å². The van der Waals surface area contributed by atoms with Gasteiger partial charge in [-0.3, -0.25) is 4.57 Å². The SMILES string of the molecule is CCCCP(=O)(O)CCc1ccccc1. The van der Waals surface area contributed by atoms with Gasteiger partial charge in [-0.15, -0.1) is 0 Å². The first-order valence-corrected chi connectivity index (χ1v) is 7.52. The fraction of sp³-hybridized carbons (Fsp3) is 0.500. The third-order valence-electron chi connectivity index (χ3n) is 2.45. The molecule has 1 atom stereocenters. The Hall–Kier alpha value is -0.590. The molecule has 0 heterocycles. The minimum absolute atomic E-state index is 0.414. The average Bonchev–Trinajstić information content (AvgIpc) is 2.25. The third-order valence-corrected chi connectivity index (χ3v) is 4.39. The topological polar surface area (TPSA) is 37.3 Å². The monoisotopic (exact) mass is 226 g/mol. The molecule has 0 saturated carbocycles. The van der Waals surface area contributed by atoms with Crippen molar-refractivity contribution in [2.24, 2.45) is 0 Å². The van der Waals surface area contributed by atoms with E-state index in [0.717, 1.165) is 18.4 Å². The molecule has 0 amide bonds. The maximum Gasteiger partial charge on any atom is 0.200 e. The Morgan fingerprint density at radius 1 is 1.20 bits per heavy atom. The van der Waals surface area contributed by atoms with Crippen LogP contribution in [-0.2, 0) is 11.0 Å². The summed E-state index contributed by atoms with van der Waals surface area (Å²) in [5.41, 5.74) is 1.14. The highest BCUT2D eigenvalue weighted by molar-refractivity contribution is 7.57. The second-order valence-electron chi connectivity index (χ2n) is 3.88. The summed E-state index contributed by atoms with van der Waals surface area (Å²) < 4.78 is 11.7. The first-order valence-electron chi connectivity index (χ1n) is 5.49. The summed E-state index contributed by atoms with van der Waals surface area (Å²) in [5.74, 6) is 0. The van der Waals surface area contributed by atoms with E-state index in [4.69, 9.17) is 0 Å². The van der Waals surface area contributed by atoms with Gasteiger partial charge >= 0.3 is 0 Å². The van der Waals surface area contributed by atoms with Crippen LogP contribution < -0.4 is 0 Å². The Morgan fingerprint density at radius 2 is 1.87 bits per heavy atom. The molecule has 0 spiro atoms. The highest BCUT2D eigenvalue weighted by Gasteiger charge is 2.16. The first-order chi connectivity index (χ1) is 7.14. The second-order valence-corrected chi connectivity index (χ2v) is 6.47. The lowest BCUT2D eigenvalue weighted by Crippen LogP contribution is -1.98. The van der Waals surface area contributed by atoms with Gasteiger partial charge in [0.2, 0.25) is 7.37 Å². The van der Waals surface area contributed by atoms with Crippen molar-refractivity contribution < 1.29 is 9.46 Å². The average molecular weight is 226 g/mol. The number of rotatable bonds is 6. The summed E-state index contributed by atoms with van der Waals surface area (Å²) in [6.45, 7) is 2.04. The van der Waals surface area contributed by atoms with Crippen molar-refractivity contribution in [3.8, 4) is 0 Å². The zero-order valence-corrected chi connectivity index (χ0v) is 10.1. The molecule has 0 aliphatic rings. The summed E-state index contributed by atoms with van der Waals surface area (Å²) >= 11 is 0. The molecule has 0 radical (unpaired) electrons. The number of hydrogen-bond donors (Lipinski definition) is 1. The van der Waals surface area contributed by atoms with Crippen LogP contribution in [0.4, 0.5) is 0 Å². The maximum atomic E-state index is 11.7. The Kier molecular flexibility index (Phi) is 5.07. The zero-order valence-electron chi connectivity index (χ0n) is 9.22. The van der Waals surface area contributed by atoms with E-state index in [2.05, 4.69) is 0 Å². The lowest BCUT2D eigenvalue weighted by Gasteiger charge is -2.10. The fourth-order valence-corrected chi connectivity index (χ4v) is 3.11. The minimum atomic E-state index is -2.87. The normalized spacial score (nSPS) is 14.8. The number of unbranched alkanes of at least 4 members (excludes halogenated alkanes) is 1. The maximum absolute atomic E-state index is 11.7. The van der Waals surface area contributed by atoms with Gasteiger partial charge in [-0.05, 0) is 18.4 Å². The Morgan fingerprint density at radius 3 is 2.47 bits per heavy atom. The highest BCUT2D eigenvalue weighted by Crippen LogP contribution is 2.41. The fourth-order valence-electron chi connectivity index (χ4n) is 1.47. The molecule has 0 aromatic heterocycles. The molecular weight excluding hydrogens is 207 g/mol. The van der Waals surface area contributed by atoms with Crippen LogP contribution in [0.1, 0.15) is 25.3 Å². The summed E-state index contributed by atoms with van der Waals surface area (Å²) in [5, 5.41) is 0. The number of hydrogen-bond acceptors (Lipinski definition) is 1. The van der Waals surface area contributed by atoms with Crippen molar-refractivity contribution in [2.45, 2.75) is 26.2 Å². The van der Waals surface area contributed by atoms with E-state index in [0.29, 0.717) is 18.7 Å². The van der Waals surface area contributed by atoms with E-state index in [-0.39, 0.29) is 0 Å². The molecule has 1 rings (SSSR count). The van der Waals surface area contributed by atoms with Crippen molar-refractivity contribution in [1.82, 2.24) is 0 Å². The zero-order chi connectivity index (χ0) is 11.1. The summed E-state index contributed by atoms with van der Waals surface area (Å²) in [4.78, 5) is 9.66. The molecular formula is C12H19O2P. The number of benzene rings is 1. The van der Waals surface area contributed by atoms with Crippen molar-refractivity contribution in [1.29, 1.82) is 0 Å². The molecule has 0 bridgehead atoms. The van der Waals surface area contributed by atoms with Crippen molar-refractivity contribution >= 4 is 7.37 Å². The molecule has 1 aromatic rings. The van der Waals surface area contributed by atoms with Gasteiger partial charge in [-0.1, -0.05) is 43.7 Å². The molecule has 84 valence electrons. The smallest absolute Gasteiger partial charge is 0.200 e. The van der Waals surface area contributed by atoms with E-state index in [9.17, 15) is 9.46 Å². The molecule has 0 aliphatic heterocycles. The van der Waals surface area contributed by atoms with Gasteiger partial charge in [0.05, 0.1) is 0 Å². The molecule has 1 unspecified atom stereocenters. The van der Waals surface area contributed by atoms with E-state index in [1.54, 1.807) is 0 Å². The predicted molar refractivity (Wildman–Crippen MR) is 64.6 cm³/mol. The van der Waals surface area contributed by atoms with E-state index >= 15 is 0 Å². The molecule has 0 saturated heterocycles. The molecule has 1 aromatic carbocycles. The van der Waals surface area contributed by atoms with Crippen molar-refractivity contribution in [3.63, 3.8) is 0 Å². The van der Waals surface area contributed by atoms with Crippen LogP contribution in [0.2, 0.25) is 0 Å². The number of aryl methyl sites for hydroxylation is 1. The van der Waals surface area contributed by atoms with Crippen LogP contribution in [-0.4, -0.2) is 17.2 Å². The molecule has 0 aliphatic carbocycles. The summed E-state index contributed by atoms with van der Waals surface area (Å²) in [7, 11) is -2.87.